The van der Waals surface area contributed by atoms with E-state index in [2.05, 4.69) is 34.6 Å². The van der Waals surface area contributed by atoms with Crippen LogP contribution < -0.4 is 5.32 Å². The zero-order valence-corrected chi connectivity index (χ0v) is 12.0. The van der Waals surface area contributed by atoms with Gasteiger partial charge in [-0.1, -0.05) is 23.8 Å². The lowest BCUT2D eigenvalue weighted by atomic mass is 10.1. The van der Waals surface area contributed by atoms with E-state index in [4.69, 9.17) is 0 Å². The Morgan fingerprint density at radius 1 is 1.10 bits per heavy atom. The van der Waals surface area contributed by atoms with Crippen molar-refractivity contribution in [3.05, 3.63) is 71.4 Å². The number of aromatic nitrogens is 1. The average Bonchev–Trinajstić information content (AvgIpc) is 2.95. The molecular formula is C18H18N2O. The smallest absolute Gasteiger partial charge is 0.251 e. The minimum atomic E-state index is -0.0160. The highest BCUT2D eigenvalue weighted by molar-refractivity contribution is 5.94. The molecule has 0 saturated heterocycles. The molecule has 3 heteroatoms. The van der Waals surface area contributed by atoms with E-state index in [1.807, 2.05) is 37.4 Å². The van der Waals surface area contributed by atoms with Crippen molar-refractivity contribution < 1.29 is 4.79 Å². The first-order chi connectivity index (χ1) is 10.2. The molecule has 0 unspecified atom stereocenters. The standard InChI is InChI=1S/C18H18N2O/c1-13-2-5-15(6-3-13)18(21)20-10-8-14-4-7-17-16(12-14)9-11-19-17/h2-7,9,11-12,19H,8,10H2,1H3,(H,20,21). The van der Waals surface area contributed by atoms with E-state index >= 15 is 0 Å². The molecule has 0 aliphatic carbocycles. The predicted octanol–water partition coefficient (Wildman–Crippen LogP) is 3.45. The number of carbonyl (C=O) groups is 1. The van der Waals surface area contributed by atoms with Crippen molar-refractivity contribution in [2.45, 2.75) is 13.3 Å². The summed E-state index contributed by atoms with van der Waals surface area (Å²) < 4.78 is 0. The van der Waals surface area contributed by atoms with Crippen molar-refractivity contribution in [2.24, 2.45) is 0 Å². The van der Waals surface area contributed by atoms with Crippen LogP contribution in [0.3, 0.4) is 0 Å². The monoisotopic (exact) mass is 278 g/mol. The van der Waals surface area contributed by atoms with Gasteiger partial charge in [-0.25, -0.2) is 0 Å². The largest absolute Gasteiger partial charge is 0.361 e. The average molecular weight is 278 g/mol. The Hall–Kier alpha value is -2.55. The lowest BCUT2D eigenvalue weighted by Crippen LogP contribution is -2.25. The number of fused-ring (bicyclic) bond motifs is 1. The third-order valence-corrected chi connectivity index (χ3v) is 3.63. The highest BCUT2D eigenvalue weighted by Crippen LogP contribution is 2.14. The minimum Gasteiger partial charge on any atom is -0.361 e. The number of benzene rings is 2. The molecule has 106 valence electrons. The highest BCUT2D eigenvalue weighted by Gasteiger charge is 2.04. The van der Waals surface area contributed by atoms with Gasteiger partial charge in [0.25, 0.3) is 5.91 Å². The maximum absolute atomic E-state index is 12.0. The van der Waals surface area contributed by atoms with Crippen molar-refractivity contribution in [3.8, 4) is 0 Å². The summed E-state index contributed by atoms with van der Waals surface area (Å²) in [6, 6.07) is 16.0. The van der Waals surface area contributed by atoms with Gasteiger partial charge in [-0.15, -0.1) is 0 Å². The molecule has 2 aromatic carbocycles. The number of hydrogen-bond donors (Lipinski definition) is 2. The first-order valence-electron chi connectivity index (χ1n) is 7.13. The molecule has 0 saturated carbocycles. The number of H-pyrrole nitrogens is 1. The van der Waals surface area contributed by atoms with Gasteiger partial charge in [-0.05, 0) is 54.6 Å². The molecule has 0 aliphatic heterocycles. The summed E-state index contributed by atoms with van der Waals surface area (Å²) in [6.07, 6.45) is 2.77. The van der Waals surface area contributed by atoms with E-state index in [1.54, 1.807) is 0 Å². The maximum atomic E-state index is 12.0. The number of carbonyl (C=O) groups excluding carboxylic acids is 1. The van der Waals surface area contributed by atoms with Gasteiger partial charge in [0.15, 0.2) is 0 Å². The zero-order valence-electron chi connectivity index (χ0n) is 12.0. The summed E-state index contributed by atoms with van der Waals surface area (Å²) in [4.78, 5) is 15.2. The Morgan fingerprint density at radius 2 is 1.90 bits per heavy atom. The number of aryl methyl sites for hydroxylation is 1. The Balaban J connectivity index is 1.57. The van der Waals surface area contributed by atoms with Gasteiger partial charge in [0, 0.05) is 23.8 Å². The molecule has 3 nitrogen and oxygen atoms in total. The predicted molar refractivity (Wildman–Crippen MR) is 85.5 cm³/mol. The molecule has 0 atom stereocenters. The quantitative estimate of drug-likeness (QED) is 0.754. The summed E-state index contributed by atoms with van der Waals surface area (Å²) in [7, 11) is 0. The second-order valence-corrected chi connectivity index (χ2v) is 5.27. The van der Waals surface area contributed by atoms with Crippen LogP contribution >= 0.6 is 0 Å². The Labute approximate surface area is 124 Å². The van der Waals surface area contributed by atoms with E-state index in [9.17, 15) is 4.79 Å². The van der Waals surface area contributed by atoms with Gasteiger partial charge in [-0.3, -0.25) is 4.79 Å². The summed E-state index contributed by atoms with van der Waals surface area (Å²) in [5.41, 5.74) is 4.24. The zero-order chi connectivity index (χ0) is 14.7. The molecular weight excluding hydrogens is 260 g/mol. The SMILES string of the molecule is Cc1ccc(C(=O)NCCc2ccc3[nH]ccc3c2)cc1. The van der Waals surface area contributed by atoms with Crippen LogP contribution in [0.25, 0.3) is 10.9 Å². The van der Waals surface area contributed by atoms with Crippen LogP contribution in [0.1, 0.15) is 21.5 Å². The van der Waals surface area contributed by atoms with Gasteiger partial charge < -0.3 is 10.3 Å². The molecule has 0 spiro atoms. The molecule has 3 rings (SSSR count). The third-order valence-electron chi connectivity index (χ3n) is 3.63. The van der Waals surface area contributed by atoms with Crippen LogP contribution in [0.15, 0.2) is 54.7 Å². The number of amides is 1. The van der Waals surface area contributed by atoms with Crippen molar-refractivity contribution in [1.82, 2.24) is 10.3 Å². The fourth-order valence-electron chi connectivity index (χ4n) is 2.39. The Bertz CT molecular complexity index is 756. The fraction of sp³-hybridized carbons (Fsp3) is 0.167. The van der Waals surface area contributed by atoms with Gasteiger partial charge in [0.05, 0.1) is 0 Å². The maximum Gasteiger partial charge on any atom is 0.251 e. The Morgan fingerprint density at radius 3 is 2.71 bits per heavy atom. The molecule has 0 bridgehead atoms. The van der Waals surface area contributed by atoms with Gasteiger partial charge in [0.2, 0.25) is 0 Å². The molecule has 0 radical (unpaired) electrons. The summed E-state index contributed by atoms with van der Waals surface area (Å²) in [5.74, 6) is -0.0160. The lowest BCUT2D eigenvalue weighted by Gasteiger charge is -2.06. The van der Waals surface area contributed by atoms with Crippen molar-refractivity contribution >= 4 is 16.8 Å². The molecule has 2 N–H and O–H groups in total. The number of hydrogen-bond acceptors (Lipinski definition) is 1. The van der Waals surface area contributed by atoms with E-state index in [1.165, 1.54) is 10.9 Å². The fourth-order valence-corrected chi connectivity index (χ4v) is 2.39. The summed E-state index contributed by atoms with van der Waals surface area (Å²) in [6.45, 7) is 2.65. The molecule has 21 heavy (non-hydrogen) atoms. The van der Waals surface area contributed by atoms with E-state index < -0.39 is 0 Å². The normalized spacial score (nSPS) is 10.7. The molecule has 1 amide bonds. The van der Waals surface area contributed by atoms with Crippen LogP contribution in [-0.4, -0.2) is 17.4 Å². The Kier molecular flexibility index (Phi) is 3.73. The van der Waals surface area contributed by atoms with Crippen LogP contribution in [0.5, 0.6) is 0 Å². The second kappa shape index (κ2) is 5.83. The first kappa shape index (κ1) is 13.4. The third kappa shape index (κ3) is 3.14. The van der Waals surface area contributed by atoms with E-state index in [-0.39, 0.29) is 5.91 Å². The van der Waals surface area contributed by atoms with Gasteiger partial charge in [-0.2, -0.15) is 0 Å². The van der Waals surface area contributed by atoms with E-state index in [0.717, 1.165) is 17.5 Å². The first-order valence-corrected chi connectivity index (χ1v) is 7.13. The van der Waals surface area contributed by atoms with Gasteiger partial charge >= 0.3 is 0 Å². The van der Waals surface area contributed by atoms with Crippen LogP contribution in [0.2, 0.25) is 0 Å². The number of rotatable bonds is 4. The van der Waals surface area contributed by atoms with Crippen LogP contribution in [0, 0.1) is 6.92 Å². The second-order valence-electron chi connectivity index (χ2n) is 5.27. The molecule has 3 aromatic rings. The molecule has 0 fully saturated rings. The van der Waals surface area contributed by atoms with Crippen LogP contribution in [0.4, 0.5) is 0 Å². The topological polar surface area (TPSA) is 44.9 Å². The van der Waals surface area contributed by atoms with Crippen molar-refractivity contribution in [1.29, 1.82) is 0 Å². The van der Waals surface area contributed by atoms with Crippen molar-refractivity contribution in [2.75, 3.05) is 6.54 Å². The number of nitrogens with one attached hydrogen (secondary N) is 2. The molecule has 1 aromatic heterocycles. The molecule has 0 aliphatic rings. The van der Waals surface area contributed by atoms with Gasteiger partial charge in [0.1, 0.15) is 0 Å². The lowest BCUT2D eigenvalue weighted by molar-refractivity contribution is 0.0954. The highest BCUT2D eigenvalue weighted by atomic mass is 16.1. The minimum absolute atomic E-state index is 0.0160. The van der Waals surface area contributed by atoms with Crippen LogP contribution in [-0.2, 0) is 6.42 Å². The summed E-state index contributed by atoms with van der Waals surface area (Å²) >= 11 is 0. The summed E-state index contributed by atoms with van der Waals surface area (Å²) in [5, 5.41) is 4.17. The molecule has 1 heterocycles. The van der Waals surface area contributed by atoms with Crippen molar-refractivity contribution in [3.63, 3.8) is 0 Å². The number of aromatic amines is 1. The van der Waals surface area contributed by atoms with E-state index in [0.29, 0.717) is 12.1 Å².